The third-order valence-corrected chi connectivity index (χ3v) is 4.44. The van der Waals surface area contributed by atoms with E-state index in [-0.39, 0.29) is 30.5 Å². The normalized spacial score (nSPS) is 24.1. The van der Waals surface area contributed by atoms with E-state index in [0.717, 1.165) is 5.56 Å². The van der Waals surface area contributed by atoms with Crippen LogP contribution < -0.4 is 10.1 Å². The first-order valence-electron chi connectivity index (χ1n) is 7.96. The third-order valence-electron chi connectivity index (χ3n) is 4.44. The van der Waals surface area contributed by atoms with Crippen molar-refractivity contribution in [3.63, 3.8) is 0 Å². The molecule has 3 rings (SSSR count). The van der Waals surface area contributed by atoms with Gasteiger partial charge in [0.2, 0.25) is 11.8 Å². The fourth-order valence-corrected chi connectivity index (χ4v) is 3.03. The highest BCUT2D eigenvalue weighted by molar-refractivity contribution is 5.83. The highest BCUT2D eigenvalue weighted by Crippen LogP contribution is 2.38. The second-order valence-corrected chi connectivity index (χ2v) is 6.10. The van der Waals surface area contributed by atoms with E-state index in [1.54, 1.807) is 19.4 Å². The zero-order chi connectivity index (χ0) is 17.1. The molecule has 2 fully saturated rings. The van der Waals surface area contributed by atoms with Crippen molar-refractivity contribution in [2.75, 3.05) is 26.8 Å². The molecule has 1 aliphatic heterocycles. The van der Waals surface area contributed by atoms with Crippen LogP contribution in [0.15, 0.2) is 18.3 Å². The van der Waals surface area contributed by atoms with Crippen molar-refractivity contribution in [2.24, 2.45) is 5.92 Å². The van der Waals surface area contributed by atoms with Gasteiger partial charge in [-0.25, -0.2) is 9.78 Å². The van der Waals surface area contributed by atoms with Crippen molar-refractivity contribution in [1.82, 2.24) is 15.2 Å². The summed E-state index contributed by atoms with van der Waals surface area (Å²) in [6.45, 7) is 0.699. The molecule has 0 spiro atoms. The number of amides is 2. The van der Waals surface area contributed by atoms with Gasteiger partial charge in [-0.15, -0.1) is 0 Å². The lowest BCUT2D eigenvalue weighted by atomic mass is 9.75. The molecule has 0 unspecified atom stereocenters. The molecule has 1 aromatic rings. The monoisotopic (exact) mass is 335 g/mol. The Balaban J connectivity index is 1.67. The van der Waals surface area contributed by atoms with E-state index >= 15 is 0 Å². The van der Waals surface area contributed by atoms with Crippen molar-refractivity contribution in [1.29, 1.82) is 0 Å². The Hall–Kier alpha value is -2.35. The molecule has 0 bridgehead atoms. The molecule has 1 atom stereocenters. The fourth-order valence-electron chi connectivity index (χ4n) is 3.03. The number of ether oxygens (including phenoxy) is 2. The molecular formula is C16H21N3O5. The Morgan fingerprint density at radius 2 is 2.33 bits per heavy atom. The maximum absolute atomic E-state index is 12.3. The summed E-state index contributed by atoms with van der Waals surface area (Å²) >= 11 is 0. The van der Waals surface area contributed by atoms with Crippen molar-refractivity contribution in [3.05, 3.63) is 23.9 Å². The second kappa shape index (κ2) is 7.04. The van der Waals surface area contributed by atoms with Gasteiger partial charge in [-0.05, 0) is 24.3 Å². The van der Waals surface area contributed by atoms with Crippen molar-refractivity contribution < 1.29 is 24.2 Å². The molecule has 1 saturated heterocycles. The molecule has 2 heterocycles. The number of methoxy groups -OCH3 is 1. The number of aliphatic hydroxyl groups excluding tert-OH is 1. The number of rotatable bonds is 6. The smallest absolute Gasteiger partial charge is 0.410 e. The number of nitrogens with one attached hydrogen (secondary N) is 1. The number of carbonyl (C=O) groups is 2. The van der Waals surface area contributed by atoms with Gasteiger partial charge in [0.15, 0.2) is 0 Å². The van der Waals surface area contributed by atoms with E-state index in [0.29, 0.717) is 31.9 Å². The zero-order valence-electron chi connectivity index (χ0n) is 13.5. The van der Waals surface area contributed by atoms with Crippen LogP contribution in [0.1, 0.15) is 24.4 Å². The molecule has 24 heavy (non-hydrogen) atoms. The van der Waals surface area contributed by atoms with Crippen molar-refractivity contribution >= 4 is 12.0 Å². The quantitative estimate of drug-likeness (QED) is 0.784. The molecule has 1 aliphatic carbocycles. The number of pyridine rings is 1. The summed E-state index contributed by atoms with van der Waals surface area (Å²) in [4.78, 5) is 29.3. The van der Waals surface area contributed by atoms with Crippen molar-refractivity contribution in [3.8, 4) is 5.88 Å². The summed E-state index contributed by atoms with van der Waals surface area (Å²) in [5.74, 6) is 0.387. The number of aromatic nitrogens is 1. The van der Waals surface area contributed by atoms with E-state index in [9.17, 15) is 14.7 Å². The van der Waals surface area contributed by atoms with Crippen LogP contribution in [0, 0.1) is 5.92 Å². The number of hydrogen-bond donors (Lipinski definition) is 2. The number of cyclic esters (lactones) is 1. The maximum Gasteiger partial charge on any atom is 0.410 e. The number of carbonyl (C=O) groups excluding carboxylic acids is 2. The molecule has 1 aromatic heterocycles. The topological polar surface area (TPSA) is 101 Å². The highest BCUT2D eigenvalue weighted by atomic mass is 16.6. The molecule has 8 heteroatoms. The fraction of sp³-hybridized carbons (Fsp3) is 0.562. The minimum Gasteiger partial charge on any atom is -0.481 e. The Morgan fingerprint density at radius 3 is 2.88 bits per heavy atom. The predicted molar refractivity (Wildman–Crippen MR) is 83.3 cm³/mol. The van der Waals surface area contributed by atoms with E-state index in [1.165, 1.54) is 4.90 Å². The summed E-state index contributed by atoms with van der Waals surface area (Å²) in [6, 6.07) is 3.34. The minimum absolute atomic E-state index is 0.0335. The highest BCUT2D eigenvalue weighted by Gasteiger charge is 2.36. The zero-order valence-corrected chi connectivity index (χ0v) is 13.5. The second-order valence-electron chi connectivity index (χ2n) is 6.10. The number of hydrogen-bond acceptors (Lipinski definition) is 6. The van der Waals surface area contributed by atoms with Crippen molar-refractivity contribution in [2.45, 2.75) is 25.0 Å². The lowest BCUT2D eigenvalue weighted by Crippen LogP contribution is -2.45. The number of nitrogens with zero attached hydrogens (tertiary/aromatic N) is 2. The summed E-state index contributed by atoms with van der Waals surface area (Å²) in [5.41, 5.74) is 0.852. The van der Waals surface area contributed by atoms with E-state index in [2.05, 4.69) is 10.3 Å². The van der Waals surface area contributed by atoms with Crippen LogP contribution >= 0.6 is 0 Å². The lowest BCUT2D eigenvalue weighted by molar-refractivity contribution is -0.123. The molecule has 0 aromatic carbocycles. The van der Waals surface area contributed by atoms with Crippen LogP contribution in [-0.4, -0.2) is 59.9 Å². The lowest BCUT2D eigenvalue weighted by Gasteiger charge is -2.38. The Labute approximate surface area is 139 Å². The molecule has 1 saturated carbocycles. The molecule has 130 valence electrons. The van der Waals surface area contributed by atoms with E-state index in [4.69, 9.17) is 9.47 Å². The standard InChI is InChI=1S/C16H21N3O5/c1-23-14-3-2-10(8-17-14)15(11-6-12(20)7-11)18-13(21)9-19-4-5-24-16(19)22/h2-3,8,11-12,15,20H,4-7,9H2,1H3,(H,18,21)/t11?,12?,15-/m1/s1. The molecule has 0 radical (unpaired) electrons. The summed E-state index contributed by atoms with van der Waals surface area (Å²) in [6.07, 6.45) is 2.13. The first-order chi connectivity index (χ1) is 11.6. The summed E-state index contributed by atoms with van der Waals surface area (Å²) < 4.78 is 9.88. The van der Waals surface area contributed by atoms with Gasteiger partial charge in [0, 0.05) is 12.3 Å². The molecule has 2 N–H and O–H groups in total. The first kappa shape index (κ1) is 16.5. The maximum atomic E-state index is 12.3. The Kier molecular flexibility index (Phi) is 4.84. The average molecular weight is 335 g/mol. The van der Waals surface area contributed by atoms with Gasteiger partial charge in [-0.3, -0.25) is 9.69 Å². The van der Waals surface area contributed by atoms with Gasteiger partial charge in [0.25, 0.3) is 0 Å². The van der Waals surface area contributed by atoms with E-state index < -0.39 is 6.09 Å². The van der Waals surface area contributed by atoms with Gasteiger partial charge >= 0.3 is 6.09 Å². The minimum atomic E-state index is -0.466. The summed E-state index contributed by atoms with van der Waals surface area (Å²) in [7, 11) is 1.54. The molecule has 2 amide bonds. The largest absolute Gasteiger partial charge is 0.481 e. The van der Waals surface area contributed by atoms with Crippen LogP contribution in [0.2, 0.25) is 0 Å². The van der Waals surface area contributed by atoms with Crippen LogP contribution in [0.4, 0.5) is 4.79 Å². The summed E-state index contributed by atoms with van der Waals surface area (Å²) in [5, 5.41) is 12.5. The predicted octanol–water partition coefficient (Wildman–Crippen LogP) is 0.471. The Morgan fingerprint density at radius 1 is 1.54 bits per heavy atom. The Bertz CT molecular complexity index is 600. The van der Waals surface area contributed by atoms with Crippen LogP contribution in [-0.2, 0) is 9.53 Å². The van der Waals surface area contributed by atoms with Gasteiger partial charge in [-0.1, -0.05) is 6.07 Å². The number of aliphatic hydroxyl groups is 1. The van der Waals surface area contributed by atoms with Crippen LogP contribution in [0.3, 0.4) is 0 Å². The van der Waals surface area contributed by atoms with Crippen LogP contribution in [0.25, 0.3) is 0 Å². The molecule has 2 aliphatic rings. The SMILES string of the molecule is COc1ccc([C@@H](NC(=O)CN2CCOC2=O)C2CC(O)C2)cn1. The van der Waals surface area contributed by atoms with Gasteiger partial charge in [0.1, 0.15) is 13.2 Å². The first-order valence-corrected chi connectivity index (χ1v) is 7.96. The van der Waals surface area contributed by atoms with Gasteiger partial charge < -0.3 is 19.9 Å². The van der Waals surface area contributed by atoms with Gasteiger partial charge in [0.05, 0.1) is 25.8 Å². The average Bonchev–Trinajstić information content (AvgIpc) is 2.95. The third kappa shape index (κ3) is 3.59. The molecule has 8 nitrogen and oxygen atoms in total. The van der Waals surface area contributed by atoms with Crippen LogP contribution in [0.5, 0.6) is 5.88 Å². The van der Waals surface area contributed by atoms with Gasteiger partial charge in [-0.2, -0.15) is 0 Å². The van der Waals surface area contributed by atoms with E-state index in [1.807, 2.05) is 6.07 Å². The molecular weight excluding hydrogens is 314 g/mol.